The van der Waals surface area contributed by atoms with E-state index in [-0.39, 0.29) is 11.8 Å². The molecule has 1 aromatic carbocycles. The van der Waals surface area contributed by atoms with Crippen molar-refractivity contribution in [1.29, 1.82) is 0 Å². The van der Waals surface area contributed by atoms with Gasteiger partial charge in [-0.05, 0) is 85.3 Å². The second kappa shape index (κ2) is 5.61. The average Bonchev–Trinajstić information content (AvgIpc) is 2.47. The molecule has 1 amide bonds. The fourth-order valence-corrected chi connectivity index (χ4v) is 6.72. The first-order valence-electron chi connectivity index (χ1n) is 9.01. The third-order valence-corrected chi connectivity index (χ3v) is 7.62. The maximum Gasteiger partial charge on any atom is 0.225 e. The lowest BCUT2D eigenvalue weighted by atomic mass is 9.45. The number of amides is 1. The molecule has 2 N–H and O–H groups in total. The molecule has 4 aliphatic rings. The predicted molar refractivity (Wildman–Crippen MR) is 95.8 cm³/mol. The summed E-state index contributed by atoms with van der Waals surface area (Å²) in [6.45, 7) is 2.30. The molecule has 4 saturated carbocycles. The van der Waals surface area contributed by atoms with E-state index < -0.39 is 0 Å². The van der Waals surface area contributed by atoms with Gasteiger partial charge in [-0.2, -0.15) is 0 Å². The van der Waals surface area contributed by atoms with Gasteiger partial charge in [-0.15, -0.1) is 0 Å². The van der Waals surface area contributed by atoms with Crippen LogP contribution in [0.15, 0.2) is 28.7 Å². The molecule has 4 fully saturated rings. The molecule has 4 aliphatic carbocycles. The number of hydrogen-bond donors (Lipinski definition) is 1. The smallest absolute Gasteiger partial charge is 0.225 e. The van der Waals surface area contributed by atoms with Gasteiger partial charge >= 0.3 is 0 Å². The van der Waals surface area contributed by atoms with Gasteiger partial charge in [-0.3, -0.25) is 4.79 Å². The highest BCUT2D eigenvalue weighted by Crippen LogP contribution is 2.64. The summed E-state index contributed by atoms with van der Waals surface area (Å²) in [5.74, 6) is 2.75. The maximum absolute atomic E-state index is 12.3. The summed E-state index contributed by atoms with van der Waals surface area (Å²) < 4.78 is 1.05. The summed E-state index contributed by atoms with van der Waals surface area (Å²) in [6, 6.07) is 8.18. The third-order valence-electron chi connectivity index (χ3n) is 7.09. The van der Waals surface area contributed by atoms with E-state index in [9.17, 15) is 4.79 Å². The Bertz CT molecular complexity index is 573. The van der Waals surface area contributed by atoms with Gasteiger partial charge < -0.3 is 5.73 Å². The van der Waals surface area contributed by atoms with E-state index in [2.05, 4.69) is 35.0 Å². The van der Waals surface area contributed by atoms with Crippen LogP contribution in [0.4, 0.5) is 0 Å². The van der Waals surface area contributed by atoms with Gasteiger partial charge in [0.05, 0.1) is 5.92 Å². The molecule has 2 nitrogen and oxygen atoms in total. The number of rotatable bonds is 4. The van der Waals surface area contributed by atoms with Crippen LogP contribution in [-0.2, 0) is 4.79 Å². The fourth-order valence-electron chi connectivity index (χ4n) is 6.46. The quantitative estimate of drug-likeness (QED) is 0.800. The van der Waals surface area contributed by atoms with Gasteiger partial charge in [0, 0.05) is 4.47 Å². The highest BCUT2D eigenvalue weighted by atomic mass is 79.9. The minimum absolute atomic E-state index is 0.153. The molecule has 1 aromatic rings. The summed E-state index contributed by atoms with van der Waals surface area (Å²) in [6.07, 6.45) is 8.27. The average molecular weight is 376 g/mol. The van der Waals surface area contributed by atoms with E-state index in [1.807, 2.05) is 12.1 Å². The molecule has 0 saturated heterocycles. The van der Waals surface area contributed by atoms with Crippen molar-refractivity contribution < 1.29 is 4.79 Å². The lowest BCUT2D eigenvalue weighted by Crippen LogP contribution is -2.51. The van der Waals surface area contributed by atoms with Crippen molar-refractivity contribution in [2.75, 3.05) is 0 Å². The van der Waals surface area contributed by atoms with Gasteiger partial charge in [0.2, 0.25) is 5.91 Å². The number of nitrogens with two attached hydrogens (primary N) is 1. The molecule has 124 valence electrons. The Morgan fingerprint density at radius 1 is 1.09 bits per heavy atom. The van der Waals surface area contributed by atoms with Gasteiger partial charge in [0.1, 0.15) is 0 Å². The highest BCUT2D eigenvalue weighted by molar-refractivity contribution is 9.10. The summed E-state index contributed by atoms with van der Waals surface area (Å²) in [4.78, 5) is 12.3. The molecule has 0 radical (unpaired) electrons. The molecule has 2 unspecified atom stereocenters. The lowest BCUT2D eigenvalue weighted by Gasteiger charge is -2.60. The normalized spacial score (nSPS) is 37.6. The van der Waals surface area contributed by atoms with Crippen LogP contribution in [0.2, 0.25) is 0 Å². The summed E-state index contributed by atoms with van der Waals surface area (Å²) >= 11 is 3.48. The summed E-state index contributed by atoms with van der Waals surface area (Å²) in [7, 11) is 0. The first-order chi connectivity index (χ1) is 11.0. The van der Waals surface area contributed by atoms with Crippen LogP contribution in [0, 0.1) is 29.1 Å². The number of carbonyl (C=O) groups excluding carboxylic acids is 1. The molecular formula is C20H26BrNO. The molecule has 5 rings (SSSR count). The van der Waals surface area contributed by atoms with Gasteiger partial charge in [-0.1, -0.05) is 35.0 Å². The van der Waals surface area contributed by atoms with Crippen LogP contribution in [0.25, 0.3) is 0 Å². The number of benzene rings is 1. The summed E-state index contributed by atoms with van der Waals surface area (Å²) in [5.41, 5.74) is 7.31. The zero-order valence-electron chi connectivity index (χ0n) is 13.8. The Labute approximate surface area is 147 Å². The Morgan fingerprint density at radius 3 is 2.00 bits per heavy atom. The number of halogens is 1. The van der Waals surface area contributed by atoms with Gasteiger partial charge in [0.25, 0.3) is 0 Å². The minimum Gasteiger partial charge on any atom is -0.369 e. The van der Waals surface area contributed by atoms with Gasteiger partial charge in [0.15, 0.2) is 0 Å². The highest BCUT2D eigenvalue weighted by Gasteiger charge is 2.55. The van der Waals surface area contributed by atoms with Crippen LogP contribution in [0.3, 0.4) is 0 Å². The summed E-state index contributed by atoms with van der Waals surface area (Å²) in [5, 5.41) is 0. The van der Waals surface area contributed by atoms with Gasteiger partial charge in [-0.25, -0.2) is 0 Å². The molecule has 3 heteroatoms. The van der Waals surface area contributed by atoms with Crippen molar-refractivity contribution >= 4 is 21.8 Å². The second-order valence-electron chi connectivity index (χ2n) is 8.50. The molecule has 2 atom stereocenters. The van der Waals surface area contributed by atoms with Crippen molar-refractivity contribution in [2.45, 2.75) is 51.4 Å². The Balaban J connectivity index is 1.66. The van der Waals surface area contributed by atoms with E-state index in [1.165, 1.54) is 38.5 Å². The standard InChI is InChI=1S/C20H26BrNO/c1-12(18(19(22)23)16-2-4-17(21)5-3-16)20-9-13-6-14(10-20)8-15(7-13)11-20/h2-5,12-15,18H,6-11H2,1H3,(H2,22,23). The minimum atomic E-state index is -0.157. The van der Waals surface area contributed by atoms with Crippen LogP contribution < -0.4 is 5.73 Å². The third kappa shape index (κ3) is 2.65. The van der Waals surface area contributed by atoms with Crippen molar-refractivity contribution in [2.24, 2.45) is 34.8 Å². The Kier molecular flexibility index (Phi) is 3.83. The first-order valence-corrected chi connectivity index (χ1v) is 9.81. The largest absolute Gasteiger partial charge is 0.369 e. The topological polar surface area (TPSA) is 43.1 Å². The van der Waals surface area contributed by atoms with Crippen LogP contribution in [0.1, 0.15) is 56.9 Å². The zero-order valence-corrected chi connectivity index (χ0v) is 15.4. The molecule has 0 spiro atoms. The van der Waals surface area contributed by atoms with E-state index >= 15 is 0 Å². The molecule has 0 heterocycles. The SMILES string of the molecule is CC(C(C(N)=O)c1ccc(Br)cc1)C12CC3CC(CC(C3)C1)C2. The van der Waals surface area contributed by atoms with Crippen LogP contribution >= 0.6 is 15.9 Å². The Morgan fingerprint density at radius 2 is 1.57 bits per heavy atom. The second-order valence-corrected chi connectivity index (χ2v) is 9.42. The fraction of sp³-hybridized carbons (Fsp3) is 0.650. The maximum atomic E-state index is 12.3. The molecule has 0 aromatic heterocycles. The van der Waals surface area contributed by atoms with Crippen molar-refractivity contribution in [3.8, 4) is 0 Å². The van der Waals surface area contributed by atoms with E-state index in [0.29, 0.717) is 11.3 Å². The van der Waals surface area contributed by atoms with Crippen LogP contribution in [0.5, 0.6) is 0 Å². The van der Waals surface area contributed by atoms with Crippen molar-refractivity contribution in [3.63, 3.8) is 0 Å². The molecule has 4 bridgehead atoms. The van der Waals surface area contributed by atoms with E-state index in [0.717, 1.165) is 27.8 Å². The van der Waals surface area contributed by atoms with Crippen molar-refractivity contribution in [3.05, 3.63) is 34.3 Å². The molecule has 0 aliphatic heterocycles. The Hall–Kier alpha value is -0.830. The van der Waals surface area contributed by atoms with Crippen molar-refractivity contribution in [1.82, 2.24) is 0 Å². The molecule has 23 heavy (non-hydrogen) atoms. The predicted octanol–water partition coefficient (Wildman–Crippen LogP) is 4.87. The van der Waals surface area contributed by atoms with E-state index in [4.69, 9.17) is 5.73 Å². The van der Waals surface area contributed by atoms with E-state index in [1.54, 1.807) is 0 Å². The lowest BCUT2D eigenvalue weighted by molar-refractivity contribution is -0.127. The monoisotopic (exact) mass is 375 g/mol. The zero-order chi connectivity index (χ0) is 16.2. The van der Waals surface area contributed by atoms with Crippen LogP contribution in [-0.4, -0.2) is 5.91 Å². The first kappa shape index (κ1) is 15.7. The number of carbonyl (C=O) groups is 1. The molecular weight excluding hydrogens is 350 g/mol. The number of primary amides is 1. The number of hydrogen-bond acceptors (Lipinski definition) is 1.